The molecule has 0 bridgehead atoms. The van der Waals surface area contributed by atoms with Gasteiger partial charge in [-0.1, -0.05) is 18.0 Å². The fourth-order valence-electron chi connectivity index (χ4n) is 6.06. The number of benzene rings is 2. The quantitative estimate of drug-likeness (QED) is 0.0222. The van der Waals surface area contributed by atoms with Crippen LogP contribution in [0.1, 0.15) is 57.1 Å². The Morgan fingerprint density at radius 3 is 1.89 bits per heavy atom. The fourth-order valence-corrected chi connectivity index (χ4v) is 6.80. The van der Waals surface area contributed by atoms with E-state index in [0.29, 0.717) is 42.6 Å². The summed E-state index contributed by atoms with van der Waals surface area (Å²) >= 11 is 6.15. The summed E-state index contributed by atoms with van der Waals surface area (Å²) in [5, 5.41) is 39.2. The second-order valence-corrected chi connectivity index (χ2v) is 16.0. The predicted octanol–water partition coefficient (Wildman–Crippen LogP) is 0.699. The Bertz CT molecular complexity index is 2560. The van der Waals surface area contributed by atoms with E-state index in [1.54, 1.807) is 0 Å². The van der Waals surface area contributed by atoms with E-state index in [1.807, 2.05) is 5.48 Å². The first-order chi connectivity index (χ1) is 30.9. The van der Waals surface area contributed by atoms with Gasteiger partial charge in [-0.2, -0.15) is 0 Å². The van der Waals surface area contributed by atoms with Gasteiger partial charge in [0.1, 0.15) is 11.6 Å². The third kappa shape index (κ3) is 14.9. The van der Waals surface area contributed by atoms with Crippen molar-refractivity contribution in [2.75, 3.05) is 36.8 Å². The number of nitrogens with two attached hydrogens (primary N) is 2. The number of nitrogens with one attached hydrogen (secondary N) is 5. The number of carbonyl (C=O) groups is 2. The fraction of sp³-hybridized carbons (Fsp3) is 0.378. The van der Waals surface area contributed by atoms with Crippen molar-refractivity contribution >= 4 is 78.8 Å². The molecule has 2 aliphatic rings. The molecule has 11 N–H and O–H groups in total. The van der Waals surface area contributed by atoms with Crippen LogP contribution in [0, 0.1) is 23.5 Å². The maximum absolute atomic E-state index is 13.6. The van der Waals surface area contributed by atoms with Gasteiger partial charge in [0.25, 0.3) is 0 Å². The molecule has 0 spiro atoms. The summed E-state index contributed by atoms with van der Waals surface area (Å²) in [7, 11) is 0. The summed E-state index contributed by atoms with van der Waals surface area (Å²) in [4.78, 5) is 48.3. The van der Waals surface area contributed by atoms with Gasteiger partial charge in [0.05, 0.1) is 33.4 Å². The molecule has 3 heterocycles. The van der Waals surface area contributed by atoms with Crippen LogP contribution in [0.3, 0.4) is 0 Å². The zero-order valence-electron chi connectivity index (χ0n) is 35.1. The number of anilines is 2. The van der Waals surface area contributed by atoms with Crippen molar-refractivity contribution in [2.24, 2.45) is 38.3 Å². The van der Waals surface area contributed by atoms with Crippen molar-refractivity contribution in [2.45, 2.75) is 51.4 Å². The number of amides is 2. The molecule has 2 amide bonds. The van der Waals surface area contributed by atoms with Gasteiger partial charge in [0.2, 0.25) is 29.3 Å². The van der Waals surface area contributed by atoms with Crippen LogP contribution in [0.2, 0.25) is 0 Å². The molecule has 0 atom stereocenters. The van der Waals surface area contributed by atoms with Crippen LogP contribution < -0.4 is 73.5 Å². The topological polar surface area (TPSA) is 360 Å². The van der Waals surface area contributed by atoms with E-state index in [4.69, 9.17) is 25.2 Å². The average Bonchev–Trinajstić information content (AvgIpc) is 4.00. The van der Waals surface area contributed by atoms with Gasteiger partial charge in [-0.25, -0.2) is 32.4 Å². The summed E-state index contributed by atoms with van der Waals surface area (Å²) in [5.74, 6) is -0.728. The smallest absolute Gasteiger partial charge is 0.870 e. The van der Waals surface area contributed by atoms with E-state index < -0.39 is 17.4 Å². The summed E-state index contributed by atoms with van der Waals surface area (Å²) in [5.41, 5.74) is 14.3. The molecule has 0 saturated heterocycles. The Labute approximate surface area is 412 Å². The van der Waals surface area contributed by atoms with Crippen molar-refractivity contribution in [3.63, 3.8) is 0 Å². The van der Waals surface area contributed by atoms with Crippen molar-refractivity contribution in [1.29, 1.82) is 0 Å². The molecular formula is C37H43Br2F2N16NaO8. The van der Waals surface area contributed by atoms with Crippen LogP contribution in [0.5, 0.6) is 0 Å². The summed E-state index contributed by atoms with van der Waals surface area (Å²) < 4.78 is 42.7. The first kappa shape index (κ1) is 53.0. The summed E-state index contributed by atoms with van der Waals surface area (Å²) in [6.07, 6.45) is 7.55. The molecule has 66 heavy (non-hydrogen) atoms. The second kappa shape index (κ2) is 25.9. The van der Waals surface area contributed by atoms with Crippen LogP contribution in [-0.4, -0.2) is 96.8 Å². The minimum absolute atomic E-state index is 0. The molecule has 2 aliphatic carbocycles. The number of carbonyl (C=O) groups excluding carboxylic acids is 2. The normalized spacial score (nSPS) is 14.0. The van der Waals surface area contributed by atoms with Crippen molar-refractivity contribution in [1.82, 2.24) is 46.5 Å². The first-order valence-electron chi connectivity index (χ1n) is 19.7. The Kier molecular flexibility index (Phi) is 20.8. The van der Waals surface area contributed by atoms with Gasteiger partial charge in [-0.15, -0.1) is 0 Å². The van der Waals surface area contributed by atoms with Gasteiger partial charge < -0.3 is 27.6 Å². The number of halogens is 4. The van der Waals surface area contributed by atoms with Crippen LogP contribution in [0.15, 0.2) is 78.9 Å². The van der Waals surface area contributed by atoms with Gasteiger partial charge in [-0.3, -0.25) is 45.4 Å². The predicted molar refractivity (Wildman–Crippen MR) is 235 cm³/mol. The Morgan fingerprint density at radius 1 is 0.803 bits per heavy atom. The zero-order valence-corrected chi connectivity index (χ0v) is 40.3. The number of hydrogen-bond acceptors (Lipinski definition) is 18. The first-order valence-corrected chi connectivity index (χ1v) is 21.3. The number of nitrogens with zero attached hydrogens (tertiary/aromatic N) is 9. The van der Waals surface area contributed by atoms with Gasteiger partial charge in [0, 0.05) is 25.9 Å². The molecular weight excluding hydrogens is 1020 g/mol. The van der Waals surface area contributed by atoms with Crippen LogP contribution in [0.25, 0.3) is 17.2 Å². The number of aliphatic imine (C=N–C) groups is 3. The molecule has 2 aromatic carbocycles. The number of hydroxylamine groups is 1. The van der Waals surface area contributed by atoms with Crippen molar-refractivity contribution in [3.8, 4) is 17.2 Å². The molecule has 24 nitrogen and oxygen atoms in total. The number of hydrogen-bond donors (Lipinski definition) is 8. The van der Waals surface area contributed by atoms with E-state index >= 15 is 0 Å². The number of guanidine groups is 2. The second-order valence-electron chi connectivity index (χ2n) is 14.3. The zero-order chi connectivity index (χ0) is 45.6. The molecule has 0 aliphatic heterocycles. The standard InChI is InChI=1S/C19H20BrFN8O4.C18H22BrFN8O3.Na.H2O/c20-12-9-11(4-5-13(12)21)29-17(28-32-19(29)31)15-16(27-33-26-15)23-6-7-24-18(22)25-14(30)8-10-2-1-3-10;19-12-9-11(4-5-13(12)20)24-17(26-30)15-16(28-31-27-15)22-6-7-23-18(21)25-14(29)8-10-2-1-3-10;;/h4-5,9-10H,1-3,6-8H2,(H,23,27)(H3,22,24,25,30);4-5,9-10,30H,1-3,6-8H2,(H,22,28)(H,24,26)(H3,21,23,25,29);;1H2/q;;+1;/p-1. The van der Waals surface area contributed by atoms with E-state index in [9.17, 15) is 28.4 Å². The maximum Gasteiger partial charge on any atom is 1.00 e. The minimum Gasteiger partial charge on any atom is -0.870 e. The molecule has 5 aromatic rings. The monoisotopic (exact) mass is 1060 g/mol. The van der Waals surface area contributed by atoms with E-state index in [2.05, 4.69) is 93.9 Å². The summed E-state index contributed by atoms with van der Waals surface area (Å²) in [6.45, 7) is 1.02. The summed E-state index contributed by atoms with van der Waals surface area (Å²) in [6, 6.07) is 8.06. The third-order valence-electron chi connectivity index (χ3n) is 9.73. The number of aromatic nitrogens is 6. The largest absolute Gasteiger partial charge is 1.00 e. The number of rotatable bonds is 16. The van der Waals surface area contributed by atoms with Crippen LogP contribution in [-0.2, 0) is 9.59 Å². The van der Waals surface area contributed by atoms with Gasteiger partial charge in [-0.05, 0) is 126 Å². The van der Waals surface area contributed by atoms with E-state index in [0.717, 1.165) is 36.7 Å². The van der Waals surface area contributed by atoms with Crippen LogP contribution >= 0.6 is 31.9 Å². The van der Waals surface area contributed by atoms with E-state index in [1.165, 1.54) is 42.8 Å². The Hall–Kier alpha value is -5.65. The Balaban J connectivity index is 0.000000281. The molecule has 2 fully saturated rings. The average molecular weight is 1060 g/mol. The Morgan fingerprint density at radius 2 is 1.35 bits per heavy atom. The maximum atomic E-state index is 13.6. The molecule has 3 aromatic heterocycles. The molecule has 0 unspecified atom stereocenters. The third-order valence-corrected chi connectivity index (χ3v) is 10.9. The molecule has 0 radical (unpaired) electrons. The van der Waals surface area contributed by atoms with Crippen molar-refractivity contribution in [3.05, 3.63) is 73.2 Å². The van der Waals surface area contributed by atoms with E-state index in [-0.39, 0.29) is 122 Å². The molecule has 348 valence electrons. The molecule has 29 heteroatoms. The molecule has 7 rings (SSSR count). The van der Waals surface area contributed by atoms with Crippen LogP contribution in [0.4, 0.5) is 26.1 Å². The molecule has 2 saturated carbocycles. The SMILES string of the molecule is NC(=NCCNc1nonc1-c1noc(=O)n1-c1ccc(F)c(Br)c1)NC(=O)CC1CCC1.NC(=NCCNc1nonc1C(=Nc1ccc(F)c(Br)c1)NO)NC(=O)CC1CCC1.[Na+].[OH-]. The van der Waals surface area contributed by atoms with Gasteiger partial charge >= 0.3 is 35.3 Å². The van der Waals surface area contributed by atoms with Gasteiger partial charge in [0.15, 0.2) is 29.1 Å². The number of amidine groups is 1. The minimum atomic E-state index is -0.799. The van der Waals surface area contributed by atoms with Crippen molar-refractivity contribution < 1.29 is 72.4 Å².